The van der Waals surface area contributed by atoms with Gasteiger partial charge in [-0.2, -0.15) is 0 Å². The van der Waals surface area contributed by atoms with Crippen LogP contribution in [0.15, 0.2) is 54.6 Å². The number of rotatable bonds is 4. The molecular weight excluding hydrogens is 519 g/mol. The van der Waals surface area contributed by atoms with Gasteiger partial charge in [-0.05, 0) is 77.8 Å². The molecule has 0 N–H and O–H groups in total. The highest BCUT2D eigenvalue weighted by Crippen LogP contribution is 2.38. The van der Waals surface area contributed by atoms with Crippen LogP contribution < -0.4 is 9.80 Å². The fraction of sp³-hybridized carbons (Fsp3) is 0. The minimum atomic E-state index is -0.780. The van der Waals surface area contributed by atoms with Gasteiger partial charge < -0.3 is 0 Å². The molecule has 4 amide bonds. The van der Waals surface area contributed by atoms with Gasteiger partial charge in [0.15, 0.2) is 0 Å². The van der Waals surface area contributed by atoms with Crippen molar-refractivity contribution in [1.82, 2.24) is 0 Å². The number of nitrogens with zero attached hydrogens (tertiary/aromatic N) is 2. The van der Waals surface area contributed by atoms with E-state index in [0.717, 1.165) is 9.80 Å². The lowest BCUT2D eigenvalue weighted by atomic mass is 10.1. The number of amides is 4. The monoisotopic (exact) mass is 526 g/mol. The Bertz CT molecular complexity index is 1560. The molecule has 0 unspecified atom stereocenters. The van der Waals surface area contributed by atoms with Crippen molar-refractivity contribution in [3.63, 3.8) is 0 Å². The molecule has 0 aromatic heterocycles. The van der Waals surface area contributed by atoms with Crippen molar-refractivity contribution in [2.24, 2.45) is 0 Å². The first-order valence-electron chi connectivity index (χ1n) is 9.85. The quantitative estimate of drug-likeness (QED) is 0.359. The van der Waals surface area contributed by atoms with Crippen LogP contribution >= 0.6 is 34.8 Å². The van der Waals surface area contributed by atoms with E-state index in [4.69, 9.17) is 34.8 Å². The van der Waals surface area contributed by atoms with Gasteiger partial charge >= 0.3 is 0 Å². The molecule has 5 rings (SSSR count). The summed E-state index contributed by atoms with van der Waals surface area (Å²) in [5.41, 5.74) is 0.385. The van der Waals surface area contributed by atoms with Gasteiger partial charge in [-0.1, -0.05) is 11.6 Å². The Morgan fingerprint density at radius 3 is 1.51 bits per heavy atom. The van der Waals surface area contributed by atoms with Crippen LogP contribution in [-0.4, -0.2) is 34.1 Å². The maximum absolute atomic E-state index is 13.0. The van der Waals surface area contributed by atoms with E-state index in [2.05, 4.69) is 0 Å². The van der Waals surface area contributed by atoms with Gasteiger partial charge in [0.2, 0.25) is 0 Å². The van der Waals surface area contributed by atoms with E-state index in [-0.39, 0.29) is 49.8 Å². The summed E-state index contributed by atoms with van der Waals surface area (Å²) in [7, 11) is 0. The van der Waals surface area contributed by atoms with Crippen molar-refractivity contribution in [1.29, 1.82) is 0 Å². The van der Waals surface area contributed by atoms with Gasteiger partial charge in [-0.15, -0.1) is 0 Å². The Morgan fingerprint density at radius 2 is 1.03 bits per heavy atom. The lowest BCUT2D eigenvalue weighted by Crippen LogP contribution is -2.31. The molecular formula is C24H9Cl3N2O6. The van der Waals surface area contributed by atoms with Gasteiger partial charge in [-0.25, -0.2) is 9.80 Å². The third-order valence-corrected chi connectivity index (χ3v) is 6.40. The second-order valence-electron chi connectivity index (χ2n) is 7.60. The second-order valence-corrected chi connectivity index (χ2v) is 8.69. The highest BCUT2D eigenvalue weighted by Gasteiger charge is 2.40. The van der Waals surface area contributed by atoms with Gasteiger partial charge in [-0.3, -0.25) is 28.8 Å². The number of halogens is 3. The van der Waals surface area contributed by atoms with Gasteiger partial charge in [0.25, 0.3) is 34.1 Å². The van der Waals surface area contributed by atoms with Crippen LogP contribution in [0.1, 0.15) is 62.1 Å². The predicted octanol–water partition coefficient (Wildman–Crippen LogP) is 4.70. The number of anilines is 2. The van der Waals surface area contributed by atoms with Crippen LogP contribution in [0.5, 0.6) is 0 Å². The third kappa shape index (κ3) is 3.46. The predicted molar refractivity (Wildman–Crippen MR) is 127 cm³/mol. The SMILES string of the molecule is O=C(Cl)c1ccc2c(c1)C(=O)N(c1ccc(N3C(=O)c4ccc(C(=O)Cl)cc4C3=O)c(Cl)c1)C2=O. The fourth-order valence-electron chi connectivity index (χ4n) is 4.00. The minimum absolute atomic E-state index is 0.00619. The normalized spacial score (nSPS) is 14.5. The first-order valence-corrected chi connectivity index (χ1v) is 11.0. The summed E-state index contributed by atoms with van der Waals surface area (Å²) in [5.74, 6) is -2.69. The molecule has 0 aliphatic carbocycles. The Kier molecular flexibility index (Phi) is 5.32. The van der Waals surface area contributed by atoms with E-state index in [1.165, 1.54) is 54.6 Å². The Hall–Kier alpha value is -3.85. The molecule has 0 bridgehead atoms. The van der Waals surface area contributed by atoms with Gasteiger partial charge in [0, 0.05) is 11.1 Å². The van der Waals surface area contributed by atoms with Crippen molar-refractivity contribution in [2.75, 3.05) is 9.80 Å². The van der Waals surface area contributed by atoms with Crippen LogP contribution in [0, 0.1) is 0 Å². The zero-order valence-corrected chi connectivity index (χ0v) is 19.4. The number of hydrogen-bond donors (Lipinski definition) is 0. The number of carbonyl (C=O) groups excluding carboxylic acids is 6. The summed E-state index contributed by atoms with van der Waals surface area (Å²) < 4.78 is 0. The molecule has 0 radical (unpaired) electrons. The molecule has 3 aromatic carbocycles. The maximum Gasteiger partial charge on any atom is 0.266 e. The third-order valence-electron chi connectivity index (χ3n) is 5.66. The van der Waals surface area contributed by atoms with E-state index in [1.807, 2.05) is 0 Å². The fourth-order valence-corrected chi connectivity index (χ4v) is 4.49. The van der Waals surface area contributed by atoms with Crippen LogP contribution in [0.4, 0.5) is 11.4 Å². The smallest absolute Gasteiger partial charge is 0.266 e. The molecule has 2 aliphatic heterocycles. The first-order chi connectivity index (χ1) is 16.6. The summed E-state index contributed by atoms with van der Waals surface area (Å²) >= 11 is 17.3. The highest BCUT2D eigenvalue weighted by atomic mass is 35.5. The van der Waals surface area contributed by atoms with Crippen molar-refractivity contribution in [2.45, 2.75) is 0 Å². The van der Waals surface area contributed by atoms with Gasteiger partial charge in [0.1, 0.15) is 0 Å². The summed E-state index contributed by atoms with van der Waals surface area (Å²) in [6.45, 7) is 0. The average Bonchev–Trinajstić information content (AvgIpc) is 3.22. The van der Waals surface area contributed by atoms with Crippen molar-refractivity contribution >= 4 is 80.3 Å². The maximum atomic E-state index is 13.0. The molecule has 8 nitrogen and oxygen atoms in total. The molecule has 172 valence electrons. The van der Waals surface area contributed by atoms with Crippen LogP contribution in [0.2, 0.25) is 5.02 Å². The molecule has 35 heavy (non-hydrogen) atoms. The van der Waals surface area contributed by atoms with E-state index in [0.29, 0.717) is 0 Å². The highest BCUT2D eigenvalue weighted by molar-refractivity contribution is 6.68. The topological polar surface area (TPSA) is 109 Å². The van der Waals surface area contributed by atoms with Gasteiger partial charge in [0.05, 0.1) is 38.7 Å². The lowest BCUT2D eigenvalue weighted by Gasteiger charge is -2.19. The molecule has 3 aromatic rings. The molecule has 0 saturated carbocycles. The number of hydrogen-bond acceptors (Lipinski definition) is 6. The molecule has 11 heteroatoms. The molecule has 0 spiro atoms. The molecule has 0 atom stereocenters. The first kappa shape index (κ1) is 22.9. The Labute approximate surface area is 211 Å². The summed E-state index contributed by atoms with van der Waals surface area (Å²) in [4.78, 5) is 76.2. The average molecular weight is 528 g/mol. The number of fused-ring (bicyclic) bond motifs is 2. The molecule has 0 fully saturated rings. The zero-order chi connectivity index (χ0) is 25.2. The minimum Gasteiger partial charge on any atom is -0.276 e. The summed E-state index contributed by atoms with van der Waals surface area (Å²) in [6, 6.07) is 11.7. The number of benzene rings is 3. The van der Waals surface area contributed by atoms with Crippen molar-refractivity contribution in [3.05, 3.63) is 93.0 Å². The Morgan fingerprint density at radius 1 is 0.571 bits per heavy atom. The standard InChI is InChI=1S/C24H9Cl3N2O6/c25-17-9-12(28-21(32)13-4-1-10(19(26)30)7-15(13)23(28)34)3-6-18(17)29-22(33)14-5-2-11(20(27)31)8-16(14)24(29)35/h1-9H. The van der Waals surface area contributed by atoms with Crippen molar-refractivity contribution in [3.8, 4) is 0 Å². The van der Waals surface area contributed by atoms with E-state index >= 15 is 0 Å². The molecule has 2 aliphatic rings. The van der Waals surface area contributed by atoms with E-state index in [1.54, 1.807) is 0 Å². The molecule has 0 saturated heterocycles. The number of carbonyl (C=O) groups is 6. The second kappa shape index (κ2) is 8.13. The van der Waals surface area contributed by atoms with E-state index in [9.17, 15) is 28.8 Å². The molecule has 2 heterocycles. The lowest BCUT2D eigenvalue weighted by molar-refractivity contribution is 0.0909. The Balaban J connectivity index is 1.50. The van der Waals surface area contributed by atoms with E-state index < -0.39 is 34.1 Å². The number of imide groups is 2. The zero-order valence-electron chi connectivity index (χ0n) is 17.2. The van der Waals surface area contributed by atoms with Crippen molar-refractivity contribution < 1.29 is 28.8 Å². The van der Waals surface area contributed by atoms with Crippen LogP contribution in [-0.2, 0) is 0 Å². The van der Waals surface area contributed by atoms with Crippen LogP contribution in [0.3, 0.4) is 0 Å². The summed E-state index contributed by atoms with van der Waals surface area (Å²) in [5, 5.41) is -1.64. The largest absolute Gasteiger partial charge is 0.276 e. The van der Waals surface area contributed by atoms with Crippen LogP contribution in [0.25, 0.3) is 0 Å². The summed E-state index contributed by atoms with van der Waals surface area (Å²) in [6.07, 6.45) is 0.